The van der Waals surface area contributed by atoms with Crippen LogP contribution in [-0.2, 0) is 6.54 Å². The Bertz CT molecular complexity index is 567. The van der Waals surface area contributed by atoms with Crippen LogP contribution in [0.25, 0.3) is 11.3 Å². The van der Waals surface area contributed by atoms with Crippen LogP contribution in [0.2, 0.25) is 0 Å². The molecule has 4 nitrogen and oxygen atoms in total. The third-order valence-electron chi connectivity index (χ3n) is 2.82. The number of nitrogens with zero attached hydrogens (tertiary/aromatic N) is 1. The lowest BCUT2D eigenvalue weighted by Gasteiger charge is -2.04. The van der Waals surface area contributed by atoms with Gasteiger partial charge in [-0.05, 0) is 30.7 Å². The van der Waals surface area contributed by atoms with E-state index in [1.54, 1.807) is 18.3 Å². The predicted octanol–water partition coefficient (Wildman–Crippen LogP) is 3.23. The van der Waals surface area contributed by atoms with Crippen LogP contribution in [-0.4, -0.2) is 18.6 Å². The van der Waals surface area contributed by atoms with Crippen molar-refractivity contribution < 1.29 is 13.5 Å². The molecule has 2 aromatic rings. The smallest absolute Gasteiger partial charge is 0.208 e. The lowest BCUT2D eigenvalue weighted by atomic mass is 10.2. The van der Waals surface area contributed by atoms with E-state index in [9.17, 15) is 4.39 Å². The maximum Gasteiger partial charge on any atom is 0.208 e. The molecule has 2 rings (SSSR count). The third-order valence-corrected chi connectivity index (χ3v) is 2.82. The van der Waals surface area contributed by atoms with Gasteiger partial charge in [-0.25, -0.2) is 9.37 Å². The lowest BCUT2D eigenvalue weighted by Crippen LogP contribution is -2.18. The summed E-state index contributed by atoms with van der Waals surface area (Å²) in [5, 5.41) is 3.25. The van der Waals surface area contributed by atoms with E-state index < -0.39 is 5.82 Å². The summed E-state index contributed by atoms with van der Waals surface area (Å²) in [7, 11) is 1.44. The van der Waals surface area contributed by atoms with Crippen LogP contribution in [0.1, 0.15) is 19.7 Å². The highest BCUT2D eigenvalue weighted by molar-refractivity contribution is 5.57. The van der Waals surface area contributed by atoms with Gasteiger partial charge in [0.25, 0.3) is 0 Å². The minimum atomic E-state index is -0.416. The van der Waals surface area contributed by atoms with E-state index in [1.165, 1.54) is 13.2 Å². The Morgan fingerprint density at radius 2 is 2.20 bits per heavy atom. The van der Waals surface area contributed by atoms with Crippen molar-refractivity contribution in [3.8, 4) is 17.1 Å². The second-order valence-electron chi connectivity index (χ2n) is 4.99. The first-order valence-electron chi connectivity index (χ1n) is 6.59. The Balaban J connectivity index is 2.06. The Morgan fingerprint density at radius 3 is 2.85 bits per heavy atom. The summed E-state index contributed by atoms with van der Waals surface area (Å²) < 4.78 is 24.1. The molecule has 0 saturated carbocycles. The van der Waals surface area contributed by atoms with Gasteiger partial charge >= 0.3 is 0 Å². The van der Waals surface area contributed by atoms with Gasteiger partial charge in [0.1, 0.15) is 0 Å². The van der Waals surface area contributed by atoms with Crippen LogP contribution in [0.15, 0.2) is 28.8 Å². The molecule has 108 valence electrons. The molecule has 0 radical (unpaired) electrons. The monoisotopic (exact) mass is 278 g/mol. The van der Waals surface area contributed by atoms with E-state index in [0.29, 0.717) is 29.7 Å². The fourth-order valence-corrected chi connectivity index (χ4v) is 1.81. The van der Waals surface area contributed by atoms with Crippen LogP contribution >= 0.6 is 0 Å². The number of benzene rings is 1. The maximum atomic E-state index is 13.6. The van der Waals surface area contributed by atoms with Crippen molar-refractivity contribution >= 4 is 0 Å². The minimum Gasteiger partial charge on any atom is -0.494 e. The van der Waals surface area contributed by atoms with E-state index in [0.717, 1.165) is 6.54 Å². The van der Waals surface area contributed by atoms with Crippen molar-refractivity contribution in [2.24, 2.45) is 5.92 Å². The summed E-state index contributed by atoms with van der Waals surface area (Å²) in [6.45, 7) is 5.73. The predicted molar refractivity (Wildman–Crippen MR) is 75.0 cm³/mol. The first kappa shape index (κ1) is 14.5. The van der Waals surface area contributed by atoms with Crippen molar-refractivity contribution in [2.75, 3.05) is 13.7 Å². The second kappa shape index (κ2) is 6.52. The van der Waals surface area contributed by atoms with E-state index >= 15 is 0 Å². The molecule has 0 aliphatic heterocycles. The number of hydrogen-bond acceptors (Lipinski definition) is 4. The van der Waals surface area contributed by atoms with Gasteiger partial charge in [0.15, 0.2) is 17.3 Å². The average molecular weight is 278 g/mol. The molecular formula is C15H19FN2O2. The number of methoxy groups -OCH3 is 1. The molecule has 0 aliphatic rings. The van der Waals surface area contributed by atoms with Crippen molar-refractivity contribution in [1.82, 2.24) is 10.3 Å². The number of aromatic nitrogens is 1. The van der Waals surface area contributed by atoms with Gasteiger partial charge in [-0.2, -0.15) is 0 Å². The van der Waals surface area contributed by atoms with Crippen molar-refractivity contribution in [1.29, 1.82) is 0 Å². The molecule has 0 spiro atoms. The first-order chi connectivity index (χ1) is 9.60. The molecular weight excluding hydrogens is 259 g/mol. The molecule has 0 bridgehead atoms. The molecule has 5 heteroatoms. The molecule has 0 unspecified atom stereocenters. The van der Waals surface area contributed by atoms with Crippen molar-refractivity contribution in [2.45, 2.75) is 20.4 Å². The van der Waals surface area contributed by atoms with E-state index in [2.05, 4.69) is 24.1 Å². The number of hydrogen-bond donors (Lipinski definition) is 1. The molecule has 1 N–H and O–H groups in total. The molecule has 1 heterocycles. The zero-order chi connectivity index (χ0) is 14.5. The number of nitrogens with one attached hydrogen (secondary N) is 1. The van der Waals surface area contributed by atoms with Crippen LogP contribution in [0.4, 0.5) is 4.39 Å². The molecule has 1 aromatic carbocycles. The van der Waals surface area contributed by atoms with Crippen LogP contribution in [0, 0.1) is 11.7 Å². The highest BCUT2D eigenvalue weighted by atomic mass is 19.1. The standard InChI is InChI=1S/C15H19FN2O2/c1-10(2)7-17-9-15-18-8-14(20-15)11-4-5-13(19-3)12(16)6-11/h4-6,8,10,17H,7,9H2,1-3H3. The van der Waals surface area contributed by atoms with Gasteiger partial charge in [0, 0.05) is 5.56 Å². The van der Waals surface area contributed by atoms with E-state index in [1.807, 2.05) is 0 Å². The second-order valence-corrected chi connectivity index (χ2v) is 4.99. The molecule has 0 saturated heterocycles. The minimum absolute atomic E-state index is 0.215. The molecule has 0 amide bonds. The normalized spacial score (nSPS) is 11.1. The third kappa shape index (κ3) is 3.57. The molecule has 0 fully saturated rings. The fourth-order valence-electron chi connectivity index (χ4n) is 1.81. The fraction of sp³-hybridized carbons (Fsp3) is 0.400. The largest absolute Gasteiger partial charge is 0.494 e. The van der Waals surface area contributed by atoms with E-state index in [-0.39, 0.29) is 5.75 Å². The first-order valence-corrected chi connectivity index (χ1v) is 6.59. The molecule has 1 aromatic heterocycles. The zero-order valence-electron chi connectivity index (χ0n) is 11.9. The van der Waals surface area contributed by atoms with Gasteiger partial charge in [0.2, 0.25) is 5.89 Å². The molecule has 0 atom stereocenters. The Morgan fingerprint density at radius 1 is 1.40 bits per heavy atom. The van der Waals surface area contributed by atoms with Gasteiger partial charge in [-0.15, -0.1) is 0 Å². The summed E-state index contributed by atoms with van der Waals surface area (Å²) in [5.41, 5.74) is 0.644. The average Bonchev–Trinajstić information content (AvgIpc) is 2.87. The van der Waals surface area contributed by atoms with Crippen molar-refractivity contribution in [3.63, 3.8) is 0 Å². The maximum absolute atomic E-state index is 13.6. The van der Waals surface area contributed by atoms with Crippen LogP contribution in [0.5, 0.6) is 5.75 Å². The number of halogens is 1. The topological polar surface area (TPSA) is 47.3 Å². The Hall–Kier alpha value is -1.88. The van der Waals surface area contributed by atoms with Crippen molar-refractivity contribution in [3.05, 3.63) is 36.1 Å². The summed E-state index contributed by atoms with van der Waals surface area (Å²) in [6.07, 6.45) is 1.60. The van der Waals surface area contributed by atoms with Gasteiger partial charge in [-0.1, -0.05) is 13.8 Å². The number of ether oxygens (including phenoxy) is 1. The summed E-state index contributed by atoms with van der Waals surface area (Å²) >= 11 is 0. The van der Waals surface area contributed by atoms with Crippen LogP contribution in [0.3, 0.4) is 0 Å². The number of oxazole rings is 1. The van der Waals surface area contributed by atoms with E-state index in [4.69, 9.17) is 9.15 Å². The molecule has 20 heavy (non-hydrogen) atoms. The Kier molecular flexibility index (Phi) is 4.74. The Labute approximate surface area is 118 Å². The molecule has 0 aliphatic carbocycles. The highest BCUT2D eigenvalue weighted by Gasteiger charge is 2.10. The SMILES string of the molecule is COc1ccc(-c2cnc(CNCC(C)C)o2)cc1F. The van der Waals surface area contributed by atoms with Gasteiger partial charge in [0.05, 0.1) is 19.9 Å². The summed E-state index contributed by atoms with van der Waals surface area (Å²) in [5.74, 6) is 1.51. The highest BCUT2D eigenvalue weighted by Crippen LogP contribution is 2.25. The zero-order valence-corrected chi connectivity index (χ0v) is 11.9. The lowest BCUT2D eigenvalue weighted by molar-refractivity contribution is 0.386. The summed E-state index contributed by atoms with van der Waals surface area (Å²) in [4.78, 5) is 4.18. The quantitative estimate of drug-likeness (QED) is 0.881. The summed E-state index contributed by atoms with van der Waals surface area (Å²) in [6, 6.07) is 4.70. The van der Waals surface area contributed by atoms with Gasteiger partial charge in [-0.3, -0.25) is 0 Å². The number of rotatable bonds is 6. The van der Waals surface area contributed by atoms with Crippen LogP contribution < -0.4 is 10.1 Å². The van der Waals surface area contributed by atoms with Gasteiger partial charge < -0.3 is 14.5 Å².